The molecule has 1 fully saturated rings. The van der Waals surface area contributed by atoms with Crippen LogP contribution in [0.4, 0.5) is 5.69 Å². The van der Waals surface area contributed by atoms with Crippen LogP contribution in [0.5, 0.6) is 0 Å². The minimum Gasteiger partial charge on any atom is -0.459 e. The lowest BCUT2D eigenvalue weighted by molar-refractivity contribution is 0.0470. The molecular weight excluding hydrogens is 512 g/mol. The number of carbonyl (C=O) groups is 1. The van der Waals surface area contributed by atoms with Crippen molar-refractivity contribution in [3.05, 3.63) is 47.9 Å². The van der Waals surface area contributed by atoms with Crippen molar-refractivity contribution in [3.63, 3.8) is 0 Å². The number of para-hydroxylation sites is 1. The first-order valence-corrected chi connectivity index (χ1v) is 15.1. The summed E-state index contributed by atoms with van der Waals surface area (Å²) in [6.45, 7) is 4.63. The molecule has 200 valence electrons. The second kappa shape index (κ2) is 12.7. The van der Waals surface area contributed by atoms with Crippen LogP contribution in [0.1, 0.15) is 75.0 Å². The summed E-state index contributed by atoms with van der Waals surface area (Å²) in [6.07, 6.45) is 9.10. The van der Waals surface area contributed by atoms with E-state index < -0.39 is 16.0 Å². The Bertz CT molecular complexity index is 1280. The number of sulfonamides is 1. The van der Waals surface area contributed by atoms with Crippen LogP contribution in [-0.4, -0.2) is 37.2 Å². The minimum atomic E-state index is -3.84. The maximum absolute atomic E-state index is 13.2. The molecule has 4 rings (SSSR count). The van der Waals surface area contributed by atoms with E-state index in [1.165, 1.54) is 44.6 Å². The van der Waals surface area contributed by atoms with E-state index in [2.05, 4.69) is 27.1 Å². The molecule has 1 aliphatic carbocycles. The summed E-state index contributed by atoms with van der Waals surface area (Å²) in [5.41, 5.74) is 1.42. The van der Waals surface area contributed by atoms with E-state index in [1.807, 2.05) is 18.2 Å². The Kier molecular flexibility index (Phi) is 9.33. The number of hydrogen-bond acceptors (Lipinski definition) is 9. The molecule has 1 aromatic carbocycles. The van der Waals surface area contributed by atoms with E-state index in [0.29, 0.717) is 23.2 Å². The molecule has 1 atom stereocenters. The molecule has 0 amide bonds. The van der Waals surface area contributed by atoms with E-state index in [4.69, 9.17) is 9.26 Å². The number of anilines is 1. The van der Waals surface area contributed by atoms with Crippen molar-refractivity contribution in [1.29, 1.82) is 0 Å². The van der Waals surface area contributed by atoms with Crippen LogP contribution >= 0.6 is 11.3 Å². The summed E-state index contributed by atoms with van der Waals surface area (Å²) < 4.78 is 39.0. The molecule has 9 nitrogen and oxygen atoms in total. The number of benzene rings is 1. The largest absolute Gasteiger partial charge is 0.459 e. The Balaban J connectivity index is 1.40. The second-order valence-electron chi connectivity index (χ2n) is 9.40. The molecule has 2 heterocycles. The molecule has 1 saturated carbocycles. The highest BCUT2D eigenvalue weighted by Crippen LogP contribution is 2.31. The van der Waals surface area contributed by atoms with Crippen molar-refractivity contribution < 1.29 is 22.5 Å². The minimum absolute atomic E-state index is 0.106. The van der Waals surface area contributed by atoms with Gasteiger partial charge in [-0.2, -0.15) is 4.98 Å². The van der Waals surface area contributed by atoms with Gasteiger partial charge in [0, 0.05) is 12.6 Å². The van der Waals surface area contributed by atoms with Gasteiger partial charge in [-0.1, -0.05) is 61.9 Å². The molecule has 0 spiro atoms. The fourth-order valence-corrected chi connectivity index (χ4v) is 6.95. The van der Waals surface area contributed by atoms with Gasteiger partial charge in [-0.3, -0.25) is 4.72 Å². The highest BCUT2D eigenvalue weighted by Gasteiger charge is 2.23. The molecule has 11 heteroatoms. The molecule has 2 N–H and O–H groups in total. The fourth-order valence-electron chi connectivity index (χ4n) is 4.62. The number of hydrogen-bond donors (Lipinski definition) is 2. The predicted octanol–water partition coefficient (Wildman–Crippen LogP) is 5.61. The maximum Gasteiger partial charge on any atom is 0.397 e. The SMILES string of the molecule is CCOC(=O)c1nc(-c2ccc(S(=O)(=O)Nc3ccccc3CN[C@@H](C)CC3CCCCCC3)s2)no1. The lowest BCUT2D eigenvalue weighted by Crippen LogP contribution is -2.28. The van der Waals surface area contributed by atoms with Crippen LogP contribution < -0.4 is 10.0 Å². The van der Waals surface area contributed by atoms with Gasteiger partial charge in [0.2, 0.25) is 5.82 Å². The molecule has 0 unspecified atom stereocenters. The monoisotopic (exact) mass is 546 g/mol. The third-order valence-electron chi connectivity index (χ3n) is 6.51. The highest BCUT2D eigenvalue weighted by molar-refractivity contribution is 7.94. The number of rotatable bonds is 11. The van der Waals surface area contributed by atoms with Crippen molar-refractivity contribution in [2.75, 3.05) is 11.3 Å². The molecule has 0 aliphatic heterocycles. The Hall–Kier alpha value is -2.76. The zero-order chi connectivity index (χ0) is 26.3. The van der Waals surface area contributed by atoms with Crippen LogP contribution in [0.3, 0.4) is 0 Å². The summed E-state index contributed by atoms with van der Waals surface area (Å²) in [5.74, 6) is -0.107. The molecule has 0 saturated heterocycles. The van der Waals surface area contributed by atoms with Crippen LogP contribution in [0.2, 0.25) is 0 Å². The lowest BCUT2D eigenvalue weighted by Gasteiger charge is -2.21. The smallest absolute Gasteiger partial charge is 0.397 e. The summed E-state index contributed by atoms with van der Waals surface area (Å²) in [5, 5.41) is 7.35. The average Bonchev–Trinajstić information content (AvgIpc) is 3.50. The Morgan fingerprint density at radius 3 is 2.68 bits per heavy atom. The zero-order valence-corrected chi connectivity index (χ0v) is 22.9. The van der Waals surface area contributed by atoms with Gasteiger partial charge in [0.15, 0.2) is 0 Å². The van der Waals surface area contributed by atoms with Gasteiger partial charge < -0.3 is 14.6 Å². The third kappa shape index (κ3) is 7.39. The van der Waals surface area contributed by atoms with E-state index in [9.17, 15) is 13.2 Å². The average molecular weight is 547 g/mol. The van der Waals surface area contributed by atoms with Gasteiger partial charge in [0.05, 0.1) is 17.2 Å². The number of thiophene rings is 1. The quantitative estimate of drug-likeness (QED) is 0.235. The van der Waals surface area contributed by atoms with Crippen molar-refractivity contribution in [2.45, 2.75) is 75.6 Å². The Labute approximate surface area is 222 Å². The third-order valence-corrected chi connectivity index (χ3v) is 9.45. The Morgan fingerprint density at radius 1 is 1.16 bits per heavy atom. The lowest BCUT2D eigenvalue weighted by atomic mass is 9.93. The van der Waals surface area contributed by atoms with Crippen molar-refractivity contribution in [3.8, 4) is 10.7 Å². The van der Waals surface area contributed by atoms with Crippen LogP contribution in [0.15, 0.2) is 45.1 Å². The zero-order valence-electron chi connectivity index (χ0n) is 21.2. The number of nitrogens with zero attached hydrogens (tertiary/aromatic N) is 2. The summed E-state index contributed by atoms with van der Waals surface area (Å²) >= 11 is 0.993. The van der Waals surface area contributed by atoms with Crippen LogP contribution in [0, 0.1) is 5.92 Å². The fraction of sp³-hybridized carbons (Fsp3) is 0.500. The number of nitrogens with one attached hydrogen (secondary N) is 2. The predicted molar refractivity (Wildman–Crippen MR) is 143 cm³/mol. The molecule has 37 heavy (non-hydrogen) atoms. The molecule has 1 aliphatic rings. The number of esters is 1. The molecule has 0 radical (unpaired) electrons. The van der Waals surface area contributed by atoms with Gasteiger partial charge in [0.25, 0.3) is 10.0 Å². The number of aromatic nitrogens is 2. The van der Waals surface area contributed by atoms with Gasteiger partial charge in [-0.05, 0) is 49.9 Å². The van der Waals surface area contributed by atoms with Crippen molar-refractivity contribution in [1.82, 2.24) is 15.5 Å². The molecular formula is C26H34N4O5S2. The first-order valence-electron chi connectivity index (χ1n) is 12.8. The standard InChI is InChI=1S/C26H34N4O5S2/c1-3-34-26(31)25-28-24(29-35-25)22-14-15-23(36-22)37(32,33)30-21-13-9-8-12-20(21)17-27-18(2)16-19-10-6-4-5-7-11-19/h8-9,12-15,18-19,27,30H,3-7,10-11,16-17H2,1-2H3/t18-/m0/s1. The Morgan fingerprint density at radius 2 is 1.92 bits per heavy atom. The normalized spacial score (nSPS) is 15.7. The van der Waals surface area contributed by atoms with E-state index in [-0.39, 0.29) is 22.5 Å². The highest BCUT2D eigenvalue weighted by atomic mass is 32.2. The van der Waals surface area contributed by atoms with Crippen molar-refractivity contribution >= 4 is 33.0 Å². The van der Waals surface area contributed by atoms with E-state index in [1.54, 1.807) is 19.1 Å². The van der Waals surface area contributed by atoms with Gasteiger partial charge >= 0.3 is 11.9 Å². The topological polar surface area (TPSA) is 123 Å². The molecule has 3 aromatic rings. The first-order chi connectivity index (χ1) is 17.9. The van der Waals surface area contributed by atoms with Gasteiger partial charge in [-0.15, -0.1) is 11.3 Å². The van der Waals surface area contributed by atoms with Crippen LogP contribution in [0.25, 0.3) is 10.7 Å². The van der Waals surface area contributed by atoms with Gasteiger partial charge in [0.1, 0.15) is 4.21 Å². The number of ether oxygens (including phenoxy) is 1. The first kappa shape index (κ1) is 27.3. The summed E-state index contributed by atoms with van der Waals surface area (Å²) in [7, 11) is -3.84. The maximum atomic E-state index is 13.2. The molecule has 2 aromatic heterocycles. The van der Waals surface area contributed by atoms with Crippen molar-refractivity contribution in [2.24, 2.45) is 5.92 Å². The van der Waals surface area contributed by atoms with Crippen LogP contribution in [-0.2, 0) is 21.3 Å². The van der Waals surface area contributed by atoms with E-state index >= 15 is 0 Å². The molecule has 0 bridgehead atoms. The summed E-state index contributed by atoms with van der Waals surface area (Å²) in [4.78, 5) is 16.2. The van der Waals surface area contributed by atoms with E-state index in [0.717, 1.165) is 29.2 Å². The second-order valence-corrected chi connectivity index (χ2v) is 12.4. The summed E-state index contributed by atoms with van der Waals surface area (Å²) in [6, 6.07) is 10.8. The number of carbonyl (C=O) groups excluding carboxylic acids is 1. The van der Waals surface area contributed by atoms with Gasteiger partial charge in [-0.25, -0.2) is 13.2 Å².